The minimum Gasteiger partial charge on any atom is -0.380 e. The molecule has 0 aliphatic carbocycles. The second kappa shape index (κ2) is 5.31. The van der Waals surface area contributed by atoms with Gasteiger partial charge in [0.2, 0.25) is 0 Å². The van der Waals surface area contributed by atoms with E-state index in [0.717, 1.165) is 0 Å². The van der Waals surface area contributed by atoms with Gasteiger partial charge in [-0.1, -0.05) is 0 Å². The molecule has 0 aliphatic heterocycles. The van der Waals surface area contributed by atoms with Crippen LogP contribution in [0.25, 0.3) is 0 Å². The average Bonchev–Trinajstić information content (AvgIpc) is 2.13. The van der Waals surface area contributed by atoms with Gasteiger partial charge in [-0.25, -0.2) is 4.98 Å². The summed E-state index contributed by atoms with van der Waals surface area (Å²) in [5.74, 6) is 0.573. The average molecular weight is 183 g/mol. The van der Waals surface area contributed by atoms with Crippen molar-refractivity contribution in [1.82, 2.24) is 9.97 Å². The first-order chi connectivity index (χ1) is 6.33. The van der Waals surface area contributed by atoms with E-state index in [1.54, 1.807) is 0 Å². The van der Waals surface area contributed by atoms with Crippen LogP contribution >= 0.6 is 0 Å². The Kier molecular flexibility index (Phi) is 3.98. The van der Waals surface area contributed by atoms with E-state index in [9.17, 15) is 4.79 Å². The molecule has 0 bridgehead atoms. The summed E-state index contributed by atoms with van der Waals surface area (Å²) in [6.45, 7) is 3.91. The minimum atomic E-state index is -0.158. The van der Waals surface area contributed by atoms with Crippen LogP contribution < -0.4 is 10.9 Å². The smallest absolute Gasteiger partial charge is 0.252 e. The van der Waals surface area contributed by atoms with Crippen molar-refractivity contribution in [3.05, 3.63) is 22.7 Å². The summed E-state index contributed by atoms with van der Waals surface area (Å²) < 4.78 is 5.11. The predicted molar refractivity (Wildman–Crippen MR) is 49.8 cm³/mol. The van der Waals surface area contributed by atoms with E-state index in [0.29, 0.717) is 25.6 Å². The summed E-state index contributed by atoms with van der Waals surface area (Å²) >= 11 is 0. The molecule has 1 aromatic rings. The highest BCUT2D eigenvalue weighted by Crippen LogP contribution is 1.92. The fourth-order valence-electron chi connectivity index (χ4n) is 0.861. The first-order valence-corrected chi connectivity index (χ1v) is 4.19. The third-order valence-corrected chi connectivity index (χ3v) is 1.43. The summed E-state index contributed by atoms with van der Waals surface area (Å²) in [5.41, 5.74) is -0.158. The Morgan fingerprint density at radius 1 is 1.69 bits per heavy atom. The highest BCUT2D eigenvalue weighted by molar-refractivity contribution is 5.31. The minimum absolute atomic E-state index is 0.158. The number of aromatic amines is 1. The maximum absolute atomic E-state index is 10.8. The first-order valence-electron chi connectivity index (χ1n) is 4.19. The molecule has 1 aromatic heterocycles. The van der Waals surface area contributed by atoms with E-state index in [4.69, 9.17) is 4.74 Å². The Balaban J connectivity index is 2.33. The Morgan fingerprint density at radius 2 is 2.54 bits per heavy atom. The number of H-pyrrole nitrogens is 1. The molecule has 0 aromatic carbocycles. The third kappa shape index (κ3) is 3.71. The van der Waals surface area contributed by atoms with Crippen LogP contribution in [0.15, 0.2) is 17.2 Å². The molecule has 1 rings (SSSR count). The molecule has 0 amide bonds. The number of anilines is 1. The van der Waals surface area contributed by atoms with Gasteiger partial charge in [-0.3, -0.25) is 4.79 Å². The van der Waals surface area contributed by atoms with E-state index in [-0.39, 0.29) is 5.56 Å². The fraction of sp³-hybridized carbons (Fsp3) is 0.500. The van der Waals surface area contributed by atoms with Gasteiger partial charge in [-0.05, 0) is 6.92 Å². The van der Waals surface area contributed by atoms with Crippen LogP contribution in [0.1, 0.15) is 6.92 Å². The van der Waals surface area contributed by atoms with Crippen LogP contribution in [0.4, 0.5) is 5.82 Å². The van der Waals surface area contributed by atoms with Crippen LogP contribution in [0.3, 0.4) is 0 Å². The molecule has 5 heteroatoms. The lowest BCUT2D eigenvalue weighted by molar-refractivity contribution is 0.158. The Labute approximate surface area is 76.2 Å². The monoisotopic (exact) mass is 183 g/mol. The molecule has 0 radical (unpaired) electrons. The van der Waals surface area contributed by atoms with Gasteiger partial charge in [0, 0.05) is 19.2 Å². The molecule has 0 saturated heterocycles. The molecular formula is C8H13N3O2. The van der Waals surface area contributed by atoms with Gasteiger partial charge in [0.15, 0.2) is 0 Å². The second-order valence-corrected chi connectivity index (χ2v) is 2.42. The van der Waals surface area contributed by atoms with Gasteiger partial charge in [0.25, 0.3) is 5.56 Å². The van der Waals surface area contributed by atoms with Crippen molar-refractivity contribution in [3.63, 3.8) is 0 Å². The zero-order valence-electron chi connectivity index (χ0n) is 7.54. The van der Waals surface area contributed by atoms with Crippen molar-refractivity contribution >= 4 is 5.82 Å². The lowest BCUT2D eigenvalue weighted by Gasteiger charge is -2.03. The van der Waals surface area contributed by atoms with Gasteiger partial charge >= 0.3 is 0 Å². The normalized spacial score (nSPS) is 9.92. The quantitative estimate of drug-likeness (QED) is 0.641. The fourth-order valence-corrected chi connectivity index (χ4v) is 0.861. The standard InChI is InChI=1S/C8H13N3O2/c1-2-13-4-3-9-7-5-8(12)11-6-10-7/h5-6H,2-4H2,1H3,(H2,9,10,11,12). The van der Waals surface area contributed by atoms with Gasteiger partial charge in [0.05, 0.1) is 12.9 Å². The van der Waals surface area contributed by atoms with Crippen molar-refractivity contribution in [2.45, 2.75) is 6.92 Å². The molecule has 72 valence electrons. The topological polar surface area (TPSA) is 67.0 Å². The van der Waals surface area contributed by atoms with Crippen LogP contribution in [-0.4, -0.2) is 29.7 Å². The second-order valence-electron chi connectivity index (χ2n) is 2.42. The number of hydrogen-bond donors (Lipinski definition) is 2. The van der Waals surface area contributed by atoms with E-state index in [1.807, 2.05) is 6.92 Å². The molecule has 0 unspecified atom stereocenters. The Hall–Kier alpha value is -1.36. The molecule has 0 fully saturated rings. The van der Waals surface area contributed by atoms with Gasteiger partial charge in [-0.2, -0.15) is 0 Å². The summed E-state index contributed by atoms with van der Waals surface area (Å²) in [5, 5.41) is 2.96. The number of nitrogens with zero attached hydrogens (tertiary/aromatic N) is 1. The summed E-state index contributed by atoms with van der Waals surface area (Å²) in [6, 6.07) is 1.41. The zero-order chi connectivity index (χ0) is 9.52. The van der Waals surface area contributed by atoms with Crippen molar-refractivity contribution in [2.75, 3.05) is 25.1 Å². The number of aromatic nitrogens is 2. The molecule has 0 saturated carbocycles. The van der Waals surface area contributed by atoms with Crippen molar-refractivity contribution in [3.8, 4) is 0 Å². The van der Waals surface area contributed by atoms with E-state index >= 15 is 0 Å². The van der Waals surface area contributed by atoms with Crippen LogP contribution in [-0.2, 0) is 4.74 Å². The molecule has 0 aliphatic rings. The highest BCUT2D eigenvalue weighted by Gasteiger charge is 1.92. The Morgan fingerprint density at radius 3 is 3.23 bits per heavy atom. The zero-order valence-corrected chi connectivity index (χ0v) is 7.54. The van der Waals surface area contributed by atoms with Crippen LogP contribution in [0.5, 0.6) is 0 Å². The Bertz CT molecular complexity index is 297. The molecule has 0 spiro atoms. The summed E-state index contributed by atoms with van der Waals surface area (Å²) in [6.07, 6.45) is 1.37. The largest absolute Gasteiger partial charge is 0.380 e. The molecule has 2 N–H and O–H groups in total. The summed E-state index contributed by atoms with van der Waals surface area (Å²) in [7, 11) is 0. The maximum atomic E-state index is 10.8. The molecule has 1 heterocycles. The summed E-state index contributed by atoms with van der Waals surface area (Å²) in [4.78, 5) is 17.2. The number of hydrogen-bond acceptors (Lipinski definition) is 4. The highest BCUT2D eigenvalue weighted by atomic mass is 16.5. The van der Waals surface area contributed by atoms with E-state index in [1.165, 1.54) is 12.4 Å². The third-order valence-electron chi connectivity index (χ3n) is 1.43. The van der Waals surface area contributed by atoms with Gasteiger partial charge in [0.1, 0.15) is 5.82 Å². The predicted octanol–water partition coefficient (Wildman–Crippen LogP) is 0.218. The molecule has 0 atom stereocenters. The lowest BCUT2D eigenvalue weighted by Crippen LogP contribution is -2.13. The number of nitrogens with one attached hydrogen (secondary N) is 2. The van der Waals surface area contributed by atoms with Crippen molar-refractivity contribution in [1.29, 1.82) is 0 Å². The maximum Gasteiger partial charge on any atom is 0.252 e. The van der Waals surface area contributed by atoms with E-state index < -0.39 is 0 Å². The molecular weight excluding hydrogens is 170 g/mol. The van der Waals surface area contributed by atoms with E-state index in [2.05, 4.69) is 15.3 Å². The number of rotatable bonds is 5. The lowest BCUT2D eigenvalue weighted by atomic mass is 10.5. The SMILES string of the molecule is CCOCCNc1cc(=O)[nH]cn1. The van der Waals surface area contributed by atoms with Gasteiger partial charge in [-0.15, -0.1) is 0 Å². The van der Waals surface area contributed by atoms with Crippen LogP contribution in [0, 0.1) is 0 Å². The molecule has 5 nitrogen and oxygen atoms in total. The first kappa shape index (κ1) is 9.73. The van der Waals surface area contributed by atoms with Crippen LogP contribution in [0.2, 0.25) is 0 Å². The van der Waals surface area contributed by atoms with Crippen molar-refractivity contribution in [2.24, 2.45) is 0 Å². The van der Waals surface area contributed by atoms with Crippen molar-refractivity contribution < 1.29 is 4.74 Å². The molecule has 13 heavy (non-hydrogen) atoms. The number of ether oxygens (including phenoxy) is 1. The van der Waals surface area contributed by atoms with Gasteiger partial charge < -0.3 is 15.0 Å².